The summed E-state index contributed by atoms with van der Waals surface area (Å²) in [6.07, 6.45) is 2.13. The van der Waals surface area contributed by atoms with E-state index < -0.39 is 5.54 Å². The minimum atomic E-state index is -0.729. The molecule has 20 heavy (non-hydrogen) atoms. The van der Waals surface area contributed by atoms with E-state index in [1.807, 2.05) is 39.2 Å². The monoisotopic (exact) mass is 275 g/mol. The fraction of sp³-hybridized carbons (Fsp3) is 0.562. The van der Waals surface area contributed by atoms with Crippen molar-refractivity contribution in [2.75, 3.05) is 20.6 Å². The third-order valence-corrected chi connectivity index (χ3v) is 4.18. The molecule has 4 nitrogen and oxygen atoms in total. The van der Waals surface area contributed by atoms with E-state index in [1.165, 1.54) is 5.56 Å². The van der Waals surface area contributed by atoms with Crippen LogP contribution in [-0.2, 0) is 4.79 Å². The zero-order valence-electron chi connectivity index (χ0n) is 12.6. The van der Waals surface area contributed by atoms with Gasteiger partial charge in [-0.2, -0.15) is 0 Å². The Morgan fingerprint density at radius 3 is 2.50 bits per heavy atom. The molecule has 1 amide bonds. The lowest BCUT2D eigenvalue weighted by Gasteiger charge is -2.28. The van der Waals surface area contributed by atoms with Crippen molar-refractivity contribution in [2.24, 2.45) is 11.7 Å². The molecule has 0 aromatic heterocycles. The van der Waals surface area contributed by atoms with Crippen LogP contribution in [0.2, 0.25) is 0 Å². The highest BCUT2D eigenvalue weighted by atomic mass is 16.2. The molecule has 1 saturated carbocycles. The van der Waals surface area contributed by atoms with Gasteiger partial charge >= 0.3 is 0 Å². The maximum absolute atomic E-state index is 12.2. The molecule has 110 valence electrons. The number of nitrogens with zero attached hydrogens (tertiary/aromatic N) is 1. The molecule has 0 aliphatic heterocycles. The van der Waals surface area contributed by atoms with E-state index in [-0.39, 0.29) is 11.9 Å². The summed E-state index contributed by atoms with van der Waals surface area (Å²) < 4.78 is 0. The topological polar surface area (TPSA) is 58.4 Å². The Hall–Kier alpha value is -1.39. The van der Waals surface area contributed by atoms with Crippen molar-refractivity contribution >= 4 is 5.91 Å². The van der Waals surface area contributed by atoms with Crippen LogP contribution in [-0.4, -0.2) is 37.0 Å². The molecular formula is C16H25N3O. The van der Waals surface area contributed by atoms with Crippen LogP contribution in [0.4, 0.5) is 0 Å². The maximum atomic E-state index is 12.2. The molecule has 0 heterocycles. The van der Waals surface area contributed by atoms with Gasteiger partial charge in [-0.15, -0.1) is 0 Å². The maximum Gasteiger partial charge on any atom is 0.240 e. The first kappa shape index (κ1) is 15.0. The minimum absolute atomic E-state index is 0.0391. The van der Waals surface area contributed by atoms with E-state index in [9.17, 15) is 4.79 Å². The Morgan fingerprint density at radius 2 is 2.00 bits per heavy atom. The predicted molar refractivity (Wildman–Crippen MR) is 81.2 cm³/mol. The van der Waals surface area contributed by atoms with Crippen molar-refractivity contribution in [1.82, 2.24) is 10.2 Å². The van der Waals surface area contributed by atoms with E-state index in [0.717, 1.165) is 12.8 Å². The van der Waals surface area contributed by atoms with Crippen LogP contribution in [0.25, 0.3) is 0 Å². The molecule has 0 radical (unpaired) electrons. The van der Waals surface area contributed by atoms with Crippen molar-refractivity contribution in [3.8, 4) is 0 Å². The van der Waals surface area contributed by atoms with Gasteiger partial charge < -0.3 is 16.0 Å². The van der Waals surface area contributed by atoms with Gasteiger partial charge in [0.25, 0.3) is 0 Å². The molecule has 1 aliphatic rings. The van der Waals surface area contributed by atoms with Crippen molar-refractivity contribution in [2.45, 2.75) is 31.3 Å². The number of carbonyl (C=O) groups excluding carboxylic acids is 1. The highest BCUT2D eigenvalue weighted by Crippen LogP contribution is 2.38. The second kappa shape index (κ2) is 5.94. The quantitative estimate of drug-likeness (QED) is 0.828. The fourth-order valence-corrected chi connectivity index (χ4v) is 2.52. The van der Waals surface area contributed by atoms with E-state index in [2.05, 4.69) is 22.3 Å². The van der Waals surface area contributed by atoms with Crippen molar-refractivity contribution < 1.29 is 4.79 Å². The number of carbonyl (C=O) groups is 1. The van der Waals surface area contributed by atoms with Gasteiger partial charge in [-0.05, 0) is 45.3 Å². The second-order valence-corrected chi connectivity index (χ2v) is 6.16. The number of rotatable bonds is 6. The molecule has 0 spiro atoms. The molecule has 1 fully saturated rings. The first-order valence-electron chi connectivity index (χ1n) is 7.21. The van der Waals surface area contributed by atoms with Crippen LogP contribution in [0.15, 0.2) is 30.3 Å². The van der Waals surface area contributed by atoms with E-state index in [0.29, 0.717) is 12.5 Å². The van der Waals surface area contributed by atoms with Crippen LogP contribution in [0.5, 0.6) is 0 Å². The first-order chi connectivity index (χ1) is 9.43. The molecule has 2 unspecified atom stereocenters. The SMILES string of the molecule is CN(C)C(CNC(=O)C(C)(N)C1CC1)c1ccccc1. The zero-order chi connectivity index (χ0) is 14.8. The molecule has 0 saturated heterocycles. The molecule has 1 aliphatic carbocycles. The second-order valence-electron chi connectivity index (χ2n) is 6.16. The van der Waals surface area contributed by atoms with Crippen molar-refractivity contribution in [3.05, 3.63) is 35.9 Å². The molecule has 2 atom stereocenters. The summed E-state index contributed by atoms with van der Waals surface area (Å²) >= 11 is 0. The summed E-state index contributed by atoms with van der Waals surface area (Å²) in [7, 11) is 4.04. The van der Waals surface area contributed by atoms with Gasteiger partial charge in [0, 0.05) is 6.54 Å². The smallest absolute Gasteiger partial charge is 0.240 e. The van der Waals surface area contributed by atoms with E-state index in [1.54, 1.807) is 0 Å². The molecule has 2 rings (SSSR count). The highest BCUT2D eigenvalue weighted by molar-refractivity contribution is 5.86. The third kappa shape index (κ3) is 3.38. The van der Waals surface area contributed by atoms with Crippen molar-refractivity contribution in [3.63, 3.8) is 0 Å². The Balaban J connectivity index is 1.98. The minimum Gasteiger partial charge on any atom is -0.353 e. The molecule has 0 bridgehead atoms. The van der Waals surface area contributed by atoms with Gasteiger partial charge in [-0.1, -0.05) is 30.3 Å². The Bertz CT molecular complexity index is 452. The molecular weight excluding hydrogens is 250 g/mol. The highest BCUT2D eigenvalue weighted by Gasteiger charge is 2.44. The van der Waals surface area contributed by atoms with Gasteiger partial charge in [0.05, 0.1) is 11.6 Å². The zero-order valence-corrected chi connectivity index (χ0v) is 12.6. The van der Waals surface area contributed by atoms with Crippen LogP contribution >= 0.6 is 0 Å². The molecule has 1 aromatic carbocycles. The summed E-state index contributed by atoms with van der Waals surface area (Å²) in [6.45, 7) is 2.42. The van der Waals surface area contributed by atoms with Crippen molar-refractivity contribution in [1.29, 1.82) is 0 Å². The number of benzene rings is 1. The lowest BCUT2D eigenvalue weighted by molar-refractivity contribution is -0.126. The molecule has 1 aromatic rings. The Morgan fingerprint density at radius 1 is 1.40 bits per heavy atom. The lowest BCUT2D eigenvalue weighted by Crippen LogP contribution is -2.54. The predicted octanol–water partition coefficient (Wildman–Crippen LogP) is 1.53. The number of likely N-dealkylation sites (N-methyl/N-ethyl adjacent to an activating group) is 1. The van der Waals surface area contributed by atoms with E-state index >= 15 is 0 Å². The summed E-state index contributed by atoms with van der Waals surface area (Å²) in [5, 5.41) is 3.02. The van der Waals surface area contributed by atoms with Gasteiger partial charge in [-0.3, -0.25) is 4.79 Å². The van der Waals surface area contributed by atoms with Gasteiger partial charge in [0.2, 0.25) is 5.91 Å². The molecule has 4 heteroatoms. The van der Waals surface area contributed by atoms with Crippen LogP contribution in [0, 0.1) is 5.92 Å². The Labute approximate surface area is 121 Å². The largest absolute Gasteiger partial charge is 0.353 e. The lowest BCUT2D eigenvalue weighted by atomic mass is 9.96. The Kier molecular flexibility index (Phi) is 4.45. The average Bonchev–Trinajstić information content (AvgIpc) is 3.24. The number of nitrogens with two attached hydrogens (primary N) is 1. The number of amides is 1. The normalized spacial score (nSPS) is 19.4. The first-order valence-corrected chi connectivity index (χ1v) is 7.21. The summed E-state index contributed by atoms with van der Waals surface area (Å²) in [6, 6.07) is 10.4. The van der Waals surface area contributed by atoms with Gasteiger partial charge in [0.1, 0.15) is 0 Å². The van der Waals surface area contributed by atoms with Crippen LogP contribution < -0.4 is 11.1 Å². The number of hydrogen-bond donors (Lipinski definition) is 2. The number of nitrogens with one attached hydrogen (secondary N) is 1. The average molecular weight is 275 g/mol. The standard InChI is InChI=1S/C16H25N3O/c1-16(17,13-9-10-13)15(20)18-11-14(19(2)3)12-7-5-4-6-8-12/h4-8,13-14H,9-11,17H2,1-3H3,(H,18,20). The summed E-state index contributed by atoms with van der Waals surface area (Å²) in [5.74, 6) is 0.305. The van der Waals surface area contributed by atoms with E-state index in [4.69, 9.17) is 5.73 Å². The van der Waals surface area contributed by atoms with Gasteiger partial charge in [-0.25, -0.2) is 0 Å². The fourth-order valence-electron chi connectivity index (χ4n) is 2.52. The van der Waals surface area contributed by atoms with Crippen LogP contribution in [0.1, 0.15) is 31.4 Å². The third-order valence-electron chi connectivity index (χ3n) is 4.18. The summed E-state index contributed by atoms with van der Waals surface area (Å²) in [5.41, 5.74) is 6.61. The van der Waals surface area contributed by atoms with Gasteiger partial charge in [0.15, 0.2) is 0 Å². The molecule has 3 N–H and O–H groups in total. The summed E-state index contributed by atoms with van der Waals surface area (Å²) in [4.78, 5) is 14.4. The number of hydrogen-bond acceptors (Lipinski definition) is 3. The van der Waals surface area contributed by atoms with Crippen LogP contribution in [0.3, 0.4) is 0 Å².